The molecule has 0 aromatic carbocycles. The monoisotopic (exact) mass is 301 g/mol. The quantitative estimate of drug-likeness (QED) is 0.596. The zero-order chi connectivity index (χ0) is 13.4. The Bertz CT molecular complexity index is 538. The van der Waals surface area contributed by atoms with E-state index in [0.717, 1.165) is 0 Å². The third kappa shape index (κ3) is 2.91. The Hall–Kier alpha value is -0.910. The van der Waals surface area contributed by atoms with Gasteiger partial charge in [-0.25, -0.2) is 4.79 Å². The highest BCUT2D eigenvalue weighted by Crippen LogP contribution is 2.18. The Morgan fingerprint density at radius 2 is 2.17 bits per heavy atom. The van der Waals surface area contributed by atoms with E-state index in [1.165, 1.54) is 0 Å². The molecule has 0 bridgehead atoms. The average Bonchev–Trinajstić information content (AvgIpc) is 2.82. The van der Waals surface area contributed by atoms with Crippen LogP contribution in [0.5, 0.6) is 0 Å². The van der Waals surface area contributed by atoms with E-state index >= 15 is 0 Å². The Kier molecular flexibility index (Phi) is 3.49. The van der Waals surface area contributed by atoms with Crippen molar-refractivity contribution >= 4 is 26.5 Å². The van der Waals surface area contributed by atoms with Crippen LogP contribution in [0.3, 0.4) is 0 Å². The SMILES string of the molecule is O=C1OCCN1S(=O)(=O)OCC1CCS(=O)(=O)O1. The molecule has 9 nitrogen and oxygen atoms in total. The van der Waals surface area contributed by atoms with Gasteiger partial charge in [0.1, 0.15) is 12.7 Å². The van der Waals surface area contributed by atoms with Gasteiger partial charge in [0.15, 0.2) is 0 Å². The largest absolute Gasteiger partial charge is 0.447 e. The van der Waals surface area contributed by atoms with Crippen molar-refractivity contribution in [2.45, 2.75) is 12.5 Å². The molecule has 0 saturated carbocycles. The van der Waals surface area contributed by atoms with Crippen molar-refractivity contribution in [3.05, 3.63) is 0 Å². The Morgan fingerprint density at radius 3 is 2.67 bits per heavy atom. The Labute approximate surface area is 104 Å². The van der Waals surface area contributed by atoms with Crippen molar-refractivity contribution in [3.8, 4) is 0 Å². The van der Waals surface area contributed by atoms with Gasteiger partial charge in [0.2, 0.25) is 0 Å². The smallest absolute Gasteiger partial charge is 0.425 e. The maximum absolute atomic E-state index is 11.6. The number of cyclic esters (lactones) is 1. The maximum atomic E-state index is 11.6. The summed E-state index contributed by atoms with van der Waals surface area (Å²) in [7, 11) is -7.82. The topological polar surface area (TPSA) is 116 Å². The lowest BCUT2D eigenvalue weighted by molar-refractivity contribution is 0.143. The summed E-state index contributed by atoms with van der Waals surface area (Å²) in [5.74, 6) is -0.174. The molecule has 2 heterocycles. The summed E-state index contributed by atoms with van der Waals surface area (Å²) in [5, 5.41) is 0. The molecule has 1 unspecified atom stereocenters. The maximum Gasteiger partial charge on any atom is 0.425 e. The van der Waals surface area contributed by atoms with Crippen LogP contribution in [0.1, 0.15) is 6.42 Å². The minimum absolute atomic E-state index is 0.0320. The van der Waals surface area contributed by atoms with Crippen LogP contribution in [0, 0.1) is 0 Å². The lowest BCUT2D eigenvalue weighted by Gasteiger charge is -2.14. The lowest BCUT2D eigenvalue weighted by Crippen LogP contribution is -2.35. The van der Waals surface area contributed by atoms with Gasteiger partial charge in [-0.3, -0.25) is 8.37 Å². The first-order valence-corrected chi connectivity index (χ1v) is 7.99. The fourth-order valence-electron chi connectivity index (χ4n) is 1.50. The molecular weight excluding hydrogens is 290 g/mol. The molecular formula is C7H11NO8S2. The second-order valence-corrected chi connectivity index (χ2v) is 6.95. The van der Waals surface area contributed by atoms with Gasteiger partial charge in [0.25, 0.3) is 10.1 Å². The number of hydrogen-bond acceptors (Lipinski definition) is 8. The normalized spacial score (nSPS) is 27.4. The molecule has 104 valence electrons. The Morgan fingerprint density at radius 1 is 1.44 bits per heavy atom. The van der Waals surface area contributed by atoms with E-state index in [0.29, 0.717) is 4.31 Å². The molecule has 0 spiro atoms. The molecule has 0 aromatic heterocycles. The Balaban J connectivity index is 1.92. The van der Waals surface area contributed by atoms with Crippen molar-refractivity contribution in [2.24, 2.45) is 0 Å². The standard InChI is InChI=1S/C7H11NO8S2/c9-7-8(2-3-14-7)18(12,13)15-5-6-1-4-17(10,11)16-6/h6H,1-5H2. The van der Waals surface area contributed by atoms with Crippen LogP contribution in [0.2, 0.25) is 0 Å². The van der Waals surface area contributed by atoms with Crippen LogP contribution in [0.25, 0.3) is 0 Å². The van der Waals surface area contributed by atoms with Gasteiger partial charge in [0, 0.05) is 0 Å². The van der Waals surface area contributed by atoms with Crippen molar-refractivity contribution in [1.82, 2.24) is 4.31 Å². The summed E-state index contributed by atoms with van der Waals surface area (Å²) in [5.41, 5.74) is 0. The summed E-state index contributed by atoms with van der Waals surface area (Å²) >= 11 is 0. The number of rotatable bonds is 4. The average molecular weight is 301 g/mol. The number of nitrogens with zero attached hydrogens (tertiary/aromatic N) is 1. The van der Waals surface area contributed by atoms with E-state index in [4.69, 9.17) is 0 Å². The third-order valence-corrected chi connectivity index (χ3v) is 4.98. The van der Waals surface area contributed by atoms with Gasteiger partial charge < -0.3 is 4.74 Å². The van der Waals surface area contributed by atoms with Crippen LogP contribution in [0.15, 0.2) is 0 Å². The number of hydrogen-bond donors (Lipinski definition) is 0. The van der Waals surface area contributed by atoms with Crippen molar-refractivity contribution < 1.29 is 34.7 Å². The van der Waals surface area contributed by atoms with Gasteiger partial charge in [0.05, 0.1) is 18.9 Å². The van der Waals surface area contributed by atoms with E-state index in [1.807, 2.05) is 0 Å². The lowest BCUT2D eigenvalue weighted by atomic mass is 10.3. The molecule has 2 saturated heterocycles. The first-order valence-electron chi connectivity index (χ1n) is 5.05. The minimum atomic E-state index is -4.25. The van der Waals surface area contributed by atoms with Crippen molar-refractivity contribution in [3.63, 3.8) is 0 Å². The predicted octanol–water partition coefficient (Wildman–Crippen LogP) is -1.18. The molecule has 18 heavy (non-hydrogen) atoms. The zero-order valence-corrected chi connectivity index (χ0v) is 10.8. The van der Waals surface area contributed by atoms with Gasteiger partial charge in [-0.15, -0.1) is 0 Å². The zero-order valence-electron chi connectivity index (χ0n) is 9.14. The summed E-state index contributed by atoms with van der Waals surface area (Å²) in [6, 6.07) is 0. The first-order chi connectivity index (χ1) is 8.30. The highest BCUT2D eigenvalue weighted by molar-refractivity contribution is 7.87. The van der Waals surface area contributed by atoms with Gasteiger partial charge in [-0.2, -0.15) is 21.1 Å². The van der Waals surface area contributed by atoms with Crippen LogP contribution < -0.4 is 0 Å². The van der Waals surface area contributed by atoms with Gasteiger partial charge in [-0.05, 0) is 6.42 Å². The van der Waals surface area contributed by atoms with Crippen LogP contribution in [-0.4, -0.2) is 58.8 Å². The number of ether oxygens (including phenoxy) is 1. The minimum Gasteiger partial charge on any atom is -0.447 e. The first kappa shape index (κ1) is 13.5. The second-order valence-electron chi connectivity index (χ2n) is 3.70. The molecule has 0 N–H and O–H groups in total. The fraction of sp³-hybridized carbons (Fsp3) is 0.857. The van der Waals surface area contributed by atoms with Crippen molar-refractivity contribution in [2.75, 3.05) is 25.5 Å². The molecule has 2 aliphatic rings. The fourth-order valence-corrected chi connectivity index (χ4v) is 3.70. The highest BCUT2D eigenvalue weighted by atomic mass is 32.2. The molecule has 2 rings (SSSR count). The van der Waals surface area contributed by atoms with E-state index < -0.39 is 39.2 Å². The molecule has 0 aromatic rings. The summed E-state index contributed by atoms with van der Waals surface area (Å²) < 4.78 is 59.1. The highest BCUT2D eigenvalue weighted by Gasteiger charge is 2.36. The summed E-state index contributed by atoms with van der Waals surface area (Å²) in [4.78, 5) is 11.0. The van der Waals surface area contributed by atoms with E-state index in [2.05, 4.69) is 13.1 Å². The molecule has 2 fully saturated rings. The van der Waals surface area contributed by atoms with Crippen LogP contribution in [0.4, 0.5) is 4.79 Å². The molecule has 11 heteroatoms. The molecule has 1 amide bonds. The summed E-state index contributed by atoms with van der Waals surface area (Å²) in [6.07, 6.45) is -1.69. The van der Waals surface area contributed by atoms with E-state index in [9.17, 15) is 21.6 Å². The molecule has 0 radical (unpaired) electrons. The van der Waals surface area contributed by atoms with Crippen LogP contribution >= 0.6 is 0 Å². The van der Waals surface area contributed by atoms with Gasteiger partial charge >= 0.3 is 16.4 Å². The van der Waals surface area contributed by atoms with Gasteiger partial charge in [-0.1, -0.05) is 0 Å². The number of amides is 1. The number of carbonyl (C=O) groups is 1. The van der Waals surface area contributed by atoms with E-state index in [1.54, 1.807) is 0 Å². The number of carbonyl (C=O) groups excluding carboxylic acids is 1. The second kappa shape index (κ2) is 4.64. The molecule has 1 atom stereocenters. The third-order valence-electron chi connectivity index (χ3n) is 2.37. The van der Waals surface area contributed by atoms with Crippen molar-refractivity contribution in [1.29, 1.82) is 0 Å². The molecule has 0 aliphatic carbocycles. The predicted molar refractivity (Wildman–Crippen MR) is 56.2 cm³/mol. The van der Waals surface area contributed by atoms with Crippen LogP contribution in [-0.2, 0) is 33.5 Å². The van der Waals surface area contributed by atoms with E-state index in [-0.39, 0.29) is 25.3 Å². The summed E-state index contributed by atoms with van der Waals surface area (Å²) in [6.45, 7) is -0.605. The molecule has 2 aliphatic heterocycles.